The summed E-state index contributed by atoms with van der Waals surface area (Å²) in [7, 11) is 0. The zero-order valence-corrected chi connectivity index (χ0v) is 14.5. The molecular weight excluding hydrogens is 280 g/mol. The van der Waals surface area contributed by atoms with Gasteiger partial charge in [-0.25, -0.2) is 0 Å². The van der Waals surface area contributed by atoms with E-state index in [0.717, 1.165) is 5.57 Å². The number of likely N-dealkylation sites (tertiary alicyclic amines) is 1. The molecule has 0 aromatic heterocycles. The molecule has 124 valence electrons. The Morgan fingerprint density at radius 3 is 2.05 bits per heavy atom. The highest BCUT2D eigenvalue weighted by Gasteiger charge is 2.39. The smallest absolute Gasteiger partial charge is 0.254 e. The summed E-state index contributed by atoms with van der Waals surface area (Å²) in [6.45, 7) is 12.1. The maximum absolute atomic E-state index is 12.2. The van der Waals surface area contributed by atoms with Crippen LogP contribution in [0.15, 0.2) is 23.3 Å². The number of allylic oxidation sites excluding steroid dienone is 2. The van der Waals surface area contributed by atoms with Crippen LogP contribution in [0.1, 0.15) is 54.4 Å². The number of rotatable bonds is 1. The van der Waals surface area contributed by atoms with E-state index in [1.807, 2.05) is 47.6 Å². The molecule has 3 amide bonds. The van der Waals surface area contributed by atoms with Gasteiger partial charge in [-0.3, -0.25) is 19.7 Å². The molecule has 2 heterocycles. The first-order chi connectivity index (χ1) is 10.6. The summed E-state index contributed by atoms with van der Waals surface area (Å²) >= 11 is 0. The first-order valence-corrected chi connectivity index (χ1v) is 8.05. The lowest BCUT2D eigenvalue weighted by Crippen LogP contribution is -2.52. The van der Waals surface area contributed by atoms with E-state index in [0.29, 0.717) is 18.5 Å². The second-order valence-electron chi connectivity index (χ2n) is 4.42. The Balaban J connectivity index is 0.00000102. The van der Waals surface area contributed by atoms with Gasteiger partial charge in [-0.2, -0.15) is 0 Å². The highest BCUT2D eigenvalue weighted by Crippen LogP contribution is 2.27. The molecule has 2 aliphatic heterocycles. The van der Waals surface area contributed by atoms with Crippen LogP contribution in [0, 0.1) is 0 Å². The Labute approximate surface area is 133 Å². The van der Waals surface area contributed by atoms with Crippen LogP contribution in [0.2, 0.25) is 0 Å². The van der Waals surface area contributed by atoms with Crippen LogP contribution in [0.3, 0.4) is 0 Å². The predicted octanol–water partition coefficient (Wildman–Crippen LogP) is 2.58. The molecule has 1 unspecified atom stereocenters. The lowest BCUT2D eigenvalue weighted by Gasteiger charge is -2.28. The first-order valence-electron chi connectivity index (χ1n) is 8.05. The second-order valence-corrected chi connectivity index (χ2v) is 4.42. The fourth-order valence-corrected chi connectivity index (χ4v) is 2.42. The molecule has 2 aliphatic rings. The normalized spacial score (nSPS) is 24.5. The maximum atomic E-state index is 12.2. The van der Waals surface area contributed by atoms with Gasteiger partial charge in [-0.05, 0) is 25.8 Å². The number of hydrogen-bond acceptors (Lipinski definition) is 3. The van der Waals surface area contributed by atoms with Gasteiger partial charge in [-0.1, -0.05) is 39.8 Å². The molecule has 1 atom stereocenters. The molecule has 2 rings (SSSR count). The van der Waals surface area contributed by atoms with Gasteiger partial charge in [0, 0.05) is 18.5 Å². The molecule has 5 heteroatoms. The SMILES string of the molecule is C/C=C1/CN(C2CCC(=O)NC2=O)C(=O)/C1=C/C.CC.CC. The van der Waals surface area contributed by atoms with E-state index >= 15 is 0 Å². The van der Waals surface area contributed by atoms with Gasteiger partial charge in [0.1, 0.15) is 6.04 Å². The van der Waals surface area contributed by atoms with Crippen LogP contribution in [-0.4, -0.2) is 35.2 Å². The summed E-state index contributed by atoms with van der Waals surface area (Å²) in [5, 5.41) is 2.28. The van der Waals surface area contributed by atoms with Crippen molar-refractivity contribution < 1.29 is 14.4 Å². The average molecular weight is 308 g/mol. The van der Waals surface area contributed by atoms with Crippen LogP contribution in [0.4, 0.5) is 0 Å². The van der Waals surface area contributed by atoms with Crippen LogP contribution in [0.5, 0.6) is 0 Å². The van der Waals surface area contributed by atoms with E-state index in [9.17, 15) is 14.4 Å². The highest BCUT2D eigenvalue weighted by molar-refractivity contribution is 6.06. The maximum Gasteiger partial charge on any atom is 0.254 e. The number of carbonyl (C=O) groups is 3. The fourth-order valence-electron chi connectivity index (χ4n) is 2.42. The van der Waals surface area contributed by atoms with Crippen molar-refractivity contribution in [2.24, 2.45) is 0 Å². The Bertz CT molecular complexity index is 478. The molecule has 2 saturated heterocycles. The van der Waals surface area contributed by atoms with Gasteiger partial charge in [0.15, 0.2) is 0 Å². The number of nitrogens with one attached hydrogen (secondary N) is 1. The van der Waals surface area contributed by atoms with Crippen LogP contribution in [0.25, 0.3) is 0 Å². The Morgan fingerprint density at radius 2 is 1.64 bits per heavy atom. The zero-order chi connectivity index (χ0) is 17.3. The predicted molar refractivity (Wildman–Crippen MR) is 88.1 cm³/mol. The molecule has 0 bridgehead atoms. The molecular formula is C17H28N2O3. The minimum Gasteiger partial charge on any atom is -0.322 e. The monoisotopic (exact) mass is 308 g/mol. The third-order valence-corrected chi connectivity index (χ3v) is 3.40. The summed E-state index contributed by atoms with van der Waals surface area (Å²) in [5.74, 6) is -0.757. The average Bonchev–Trinajstić information content (AvgIpc) is 2.87. The molecule has 0 spiro atoms. The van der Waals surface area contributed by atoms with Gasteiger partial charge in [0.2, 0.25) is 11.8 Å². The molecule has 0 aromatic rings. The van der Waals surface area contributed by atoms with Crippen molar-refractivity contribution in [2.75, 3.05) is 6.54 Å². The van der Waals surface area contributed by atoms with E-state index in [2.05, 4.69) is 5.32 Å². The summed E-state index contributed by atoms with van der Waals surface area (Å²) < 4.78 is 0. The van der Waals surface area contributed by atoms with E-state index in [1.54, 1.807) is 11.0 Å². The molecule has 5 nitrogen and oxygen atoms in total. The molecule has 2 fully saturated rings. The summed E-state index contributed by atoms with van der Waals surface area (Å²) in [6.07, 6.45) is 4.35. The lowest BCUT2D eigenvalue weighted by atomic mass is 10.0. The van der Waals surface area contributed by atoms with Crippen molar-refractivity contribution in [3.8, 4) is 0 Å². The number of carbonyl (C=O) groups excluding carboxylic acids is 3. The Kier molecular flexibility index (Phi) is 9.06. The Morgan fingerprint density at radius 1 is 1.05 bits per heavy atom. The van der Waals surface area contributed by atoms with E-state index in [4.69, 9.17) is 0 Å². The lowest BCUT2D eigenvalue weighted by molar-refractivity contribution is -0.142. The van der Waals surface area contributed by atoms with Crippen LogP contribution in [-0.2, 0) is 14.4 Å². The van der Waals surface area contributed by atoms with E-state index in [1.165, 1.54) is 0 Å². The number of amides is 3. The molecule has 0 aliphatic carbocycles. The van der Waals surface area contributed by atoms with Crippen LogP contribution >= 0.6 is 0 Å². The van der Waals surface area contributed by atoms with Gasteiger partial charge < -0.3 is 4.90 Å². The third-order valence-electron chi connectivity index (χ3n) is 3.40. The van der Waals surface area contributed by atoms with Gasteiger partial charge in [-0.15, -0.1) is 0 Å². The number of nitrogens with zero attached hydrogens (tertiary/aromatic N) is 1. The quantitative estimate of drug-likeness (QED) is 0.598. The Hall–Kier alpha value is -1.91. The topological polar surface area (TPSA) is 66.5 Å². The van der Waals surface area contributed by atoms with Gasteiger partial charge >= 0.3 is 0 Å². The van der Waals surface area contributed by atoms with Crippen molar-refractivity contribution in [2.45, 2.75) is 60.4 Å². The molecule has 1 N–H and O–H groups in total. The molecule has 0 saturated carbocycles. The molecule has 22 heavy (non-hydrogen) atoms. The standard InChI is InChI=1S/C13H16N2O3.2C2H6/c1-3-8-7-15(13(18)9(8)4-2)10-5-6-11(16)14-12(10)17;2*1-2/h3-4,10H,5-7H2,1-2H3,(H,14,16,17);2*1-2H3/b8-3-,9-4+;;. The van der Waals surface area contributed by atoms with Gasteiger partial charge in [0.25, 0.3) is 5.91 Å². The number of hydrogen-bond donors (Lipinski definition) is 1. The highest BCUT2D eigenvalue weighted by atomic mass is 16.2. The summed E-state index contributed by atoms with van der Waals surface area (Å²) in [5.41, 5.74) is 1.59. The summed E-state index contributed by atoms with van der Waals surface area (Å²) in [4.78, 5) is 36.6. The van der Waals surface area contributed by atoms with Crippen molar-refractivity contribution in [3.05, 3.63) is 23.3 Å². The summed E-state index contributed by atoms with van der Waals surface area (Å²) in [6, 6.07) is -0.525. The first kappa shape index (κ1) is 20.1. The third kappa shape index (κ3) is 4.29. The molecule has 0 aromatic carbocycles. The zero-order valence-electron chi connectivity index (χ0n) is 14.5. The van der Waals surface area contributed by atoms with Gasteiger partial charge in [0.05, 0.1) is 0 Å². The van der Waals surface area contributed by atoms with Crippen LogP contribution < -0.4 is 5.32 Å². The van der Waals surface area contributed by atoms with Crippen molar-refractivity contribution in [1.82, 2.24) is 10.2 Å². The largest absolute Gasteiger partial charge is 0.322 e. The van der Waals surface area contributed by atoms with E-state index in [-0.39, 0.29) is 24.1 Å². The number of imide groups is 1. The van der Waals surface area contributed by atoms with E-state index < -0.39 is 6.04 Å². The van der Waals surface area contributed by atoms with Crippen molar-refractivity contribution in [3.63, 3.8) is 0 Å². The second kappa shape index (κ2) is 9.92. The molecule has 0 radical (unpaired) electrons. The minimum absolute atomic E-state index is 0.125. The number of piperidine rings is 1. The fraction of sp³-hybridized carbons (Fsp3) is 0.588. The minimum atomic E-state index is -0.525. The van der Waals surface area contributed by atoms with Crippen molar-refractivity contribution >= 4 is 17.7 Å². The van der Waals surface area contributed by atoms with Crippen molar-refractivity contribution in [1.29, 1.82) is 0 Å².